The summed E-state index contributed by atoms with van der Waals surface area (Å²) in [5, 5.41) is 14.5. The van der Waals surface area contributed by atoms with Gasteiger partial charge in [-0.1, -0.05) is 0 Å². The second kappa shape index (κ2) is 6.64. The van der Waals surface area contributed by atoms with Crippen molar-refractivity contribution < 1.29 is 9.47 Å². The van der Waals surface area contributed by atoms with Crippen LogP contribution in [0.1, 0.15) is 26.7 Å². The molecule has 0 aromatic carbocycles. The van der Waals surface area contributed by atoms with Crippen LogP contribution >= 0.6 is 0 Å². The first kappa shape index (κ1) is 10.9. The topological polar surface area (TPSA) is 66.2 Å². The lowest BCUT2D eigenvalue weighted by Gasteiger charge is -2.05. The molecule has 0 aliphatic carbocycles. The molecule has 0 fully saturated rings. The average molecular weight is 172 g/mol. The molecule has 0 aromatic heterocycles. The van der Waals surface area contributed by atoms with Gasteiger partial charge in [0.1, 0.15) is 0 Å². The first-order valence-electron chi connectivity index (χ1n) is 4.11. The van der Waals surface area contributed by atoms with E-state index in [-0.39, 0.29) is 11.8 Å². The van der Waals surface area contributed by atoms with Crippen molar-refractivity contribution in [2.45, 2.75) is 26.7 Å². The summed E-state index contributed by atoms with van der Waals surface area (Å²) in [5.74, 6) is 0.448. The van der Waals surface area contributed by atoms with Gasteiger partial charge in [0.15, 0.2) is 11.8 Å². The zero-order valence-electron chi connectivity index (χ0n) is 7.64. The lowest BCUT2D eigenvalue weighted by atomic mass is 10.3. The minimum atomic E-state index is 0.224. The Kier molecular flexibility index (Phi) is 6.05. The first-order valence-corrected chi connectivity index (χ1v) is 4.11. The Bertz CT molecular complexity index is 139. The summed E-state index contributed by atoms with van der Waals surface area (Å²) in [5.41, 5.74) is 0. The summed E-state index contributed by atoms with van der Waals surface area (Å²) in [6.45, 7) is 4.70. The van der Waals surface area contributed by atoms with Crippen LogP contribution in [-0.2, 0) is 9.47 Å². The fourth-order valence-corrected chi connectivity index (χ4v) is 0.720. The van der Waals surface area contributed by atoms with E-state index in [0.717, 1.165) is 0 Å². The number of rotatable bonds is 5. The van der Waals surface area contributed by atoms with Gasteiger partial charge < -0.3 is 9.47 Å². The van der Waals surface area contributed by atoms with Crippen molar-refractivity contribution in [3.05, 3.63) is 0 Å². The second-order valence-corrected chi connectivity index (χ2v) is 2.21. The number of hydrogen-bond acceptors (Lipinski definition) is 4. The van der Waals surface area contributed by atoms with Crippen molar-refractivity contribution in [2.24, 2.45) is 0 Å². The molecule has 0 bridgehead atoms. The molecule has 0 saturated carbocycles. The fourth-order valence-electron chi connectivity index (χ4n) is 0.720. The molecule has 4 heteroatoms. The van der Waals surface area contributed by atoms with Gasteiger partial charge >= 0.3 is 0 Å². The van der Waals surface area contributed by atoms with Gasteiger partial charge in [0.05, 0.1) is 13.2 Å². The molecular weight excluding hydrogens is 156 g/mol. The van der Waals surface area contributed by atoms with E-state index in [0.29, 0.717) is 26.1 Å². The lowest BCUT2D eigenvalue weighted by Crippen LogP contribution is -2.08. The van der Waals surface area contributed by atoms with Gasteiger partial charge in [-0.2, -0.15) is 0 Å². The molecule has 0 radical (unpaired) electrons. The molecule has 0 heterocycles. The van der Waals surface area contributed by atoms with Gasteiger partial charge in [0, 0.05) is 12.8 Å². The SMILES string of the molecule is CCOC(=N)CCC(=N)OCC. The zero-order chi connectivity index (χ0) is 9.40. The van der Waals surface area contributed by atoms with Crippen LogP contribution in [0.2, 0.25) is 0 Å². The van der Waals surface area contributed by atoms with Crippen molar-refractivity contribution in [1.82, 2.24) is 0 Å². The Morgan fingerprint density at radius 1 is 0.917 bits per heavy atom. The van der Waals surface area contributed by atoms with Gasteiger partial charge in [-0.3, -0.25) is 10.8 Å². The van der Waals surface area contributed by atoms with Crippen LogP contribution in [0.4, 0.5) is 0 Å². The number of hydrogen-bond donors (Lipinski definition) is 2. The molecule has 0 saturated heterocycles. The summed E-state index contributed by atoms with van der Waals surface area (Å²) >= 11 is 0. The molecule has 0 aliphatic rings. The van der Waals surface area contributed by atoms with E-state index < -0.39 is 0 Å². The molecule has 0 unspecified atom stereocenters. The molecular formula is C8H16N2O2. The maximum absolute atomic E-state index is 7.24. The summed E-state index contributed by atoms with van der Waals surface area (Å²) in [6.07, 6.45) is 0.902. The fraction of sp³-hybridized carbons (Fsp3) is 0.750. The normalized spacial score (nSPS) is 9.17. The van der Waals surface area contributed by atoms with Crippen molar-refractivity contribution in [3.63, 3.8) is 0 Å². The molecule has 0 amide bonds. The molecule has 2 N–H and O–H groups in total. The third-order valence-electron chi connectivity index (χ3n) is 1.22. The van der Waals surface area contributed by atoms with Crippen molar-refractivity contribution >= 4 is 11.8 Å². The van der Waals surface area contributed by atoms with Crippen LogP contribution in [0.5, 0.6) is 0 Å². The smallest absolute Gasteiger partial charge is 0.180 e. The molecule has 0 spiro atoms. The van der Waals surface area contributed by atoms with Crippen LogP contribution in [0.15, 0.2) is 0 Å². The monoisotopic (exact) mass is 172 g/mol. The summed E-state index contributed by atoms with van der Waals surface area (Å²) < 4.78 is 9.80. The van der Waals surface area contributed by atoms with Gasteiger partial charge in [0.2, 0.25) is 0 Å². The predicted molar refractivity (Wildman–Crippen MR) is 47.9 cm³/mol. The molecule has 0 aliphatic heterocycles. The maximum atomic E-state index is 7.24. The summed E-state index contributed by atoms with van der Waals surface area (Å²) in [7, 11) is 0. The predicted octanol–water partition coefficient (Wildman–Crippen LogP) is 1.79. The second-order valence-electron chi connectivity index (χ2n) is 2.21. The van der Waals surface area contributed by atoms with Crippen LogP contribution in [-0.4, -0.2) is 25.0 Å². The quantitative estimate of drug-likeness (QED) is 0.490. The molecule has 4 nitrogen and oxygen atoms in total. The number of nitrogens with one attached hydrogen (secondary N) is 2. The summed E-state index contributed by atoms with van der Waals surface area (Å²) in [4.78, 5) is 0. The van der Waals surface area contributed by atoms with E-state index >= 15 is 0 Å². The van der Waals surface area contributed by atoms with Crippen LogP contribution in [0, 0.1) is 10.8 Å². The highest BCUT2D eigenvalue weighted by Crippen LogP contribution is 1.96. The van der Waals surface area contributed by atoms with E-state index in [1.807, 2.05) is 13.8 Å². The van der Waals surface area contributed by atoms with Gasteiger partial charge in [0.25, 0.3) is 0 Å². The Balaban J connectivity index is 3.40. The molecule has 12 heavy (non-hydrogen) atoms. The molecule has 0 atom stereocenters. The highest BCUT2D eigenvalue weighted by molar-refractivity contribution is 5.80. The van der Waals surface area contributed by atoms with Gasteiger partial charge in [-0.25, -0.2) is 0 Å². The minimum Gasteiger partial charge on any atom is -0.481 e. The molecule has 70 valence electrons. The van der Waals surface area contributed by atoms with Crippen LogP contribution < -0.4 is 0 Å². The van der Waals surface area contributed by atoms with Crippen LogP contribution in [0.3, 0.4) is 0 Å². The summed E-state index contributed by atoms with van der Waals surface area (Å²) in [6, 6.07) is 0. The Morgan fingerprint density at radius 2 is 1.25 bits per heavy atom. The Morgan fingerprint density at radius 3 is 1.50 bits per heavy atom. The van der Waals surface area contributed by atoms with E-state index in [1.54, 1.807) is 0 Å². The third kappa shape index (κ3) is 5.70. The van der Waals surface area contributed by atoms with E-state index in [4.69, 9.17) is 20.3 Å². The largest absolute Gasteiger partial charge is 0.481 e. The minimum absolute atomic E-state index is 0.224. The molecule has 0 aromatic rings. The van der Waals surface area contributed by atoms with Gasteiger partial charge in [-0.15, -0.1) is 0 Å². The Hall–Kier alpha value is -1.06. The highest BCUT2D eigenvalue weighted by Gasteiger charge is 2.00. The standard InChI is InChI=1S/C8H16N2O2/c1-3-11-7(9)5-6-8(10)12-4-2/h9-10H,3-6H2,1-2H3. The maximum Gasteiger partial charge on any atom is 0.180 e. The van der Waals surface area contributed by atoms with Crippen LogP contribution in [0.25, 0.3) is 0 Å². The third-order valence-corrected chi connectivity index (χ3v) is 1.22. The van der Waals surface area contributed by atoms with E-state index in [1.165, 1.54) is 0 Å². The van der Waals surface area contributed by atoms with Crippen molar-refractivity contribution in [3.8, 4) is 0 Å². The van der Waals surface area contributed by atoms with E-state index in [9.17, 15) is 0 Å². The number of ether oxygens (including phenoxy) is 2. The van der Waals surface area contributed by atoms with Crippen molar-refractivity contribution in [2.75, 3.05) is 13.2 Å². The highest BCUT2D eigenvalue weighted by atomic mass is 16.5. The van der Waals surface area contributed by atoms with Crippen molar-refractivity contribution in [1.29, 1.82) is 10.8 Å². The first-order chi connectivity index (χ1) is 5.70. The Labute approximate surface area is 72.9 Å². The van der Waals surface area contributed by atoms with Gasteiger partial charge in [-0.05, 0) is 13.8 Å². The van der Waals surface area contributed by atoms with E-state index in [2.05, 4.69) is 0 Å². The zero-order valence-corrected chi connectivity index (χ0v) is 7.64. The molecule has 0 rings (SSSR count). The average Bonchev–Trinajstić information content (AvgIpc) is 2.02. The lowest BCUT2D eigenvalue weighted by molar-refractivity contribution is 0.302.